The van der Waals surface area contributed by atoms with Crippen LogP contribution in [0.25, 0.3) is 5.57 Å². The van der Waals surface area contributed by atoms with E-state index in [9.17, 15) is 9.90 Å². The van der Waals surface area contributed by atoms with E-state index in [2.05, 4.69) is 0 Å². The minimum Gasteiger partial charge on any atom is -0.503 e. The molecule has 1 heterocycles. The topological polar surface area (TPSA) is 59.0 Å². The molecule has 1 N–H and O–H groups in total. The molecule has 1 atom stereocenters. The molecular formula is C24H21NO4. The van der Waals surface area contributed by atoms with Gasteiger partial charge in [0, 0.05) is 11.3 Å². The number of carbonyl (C=O) groups excluding carboxylic acids is 1. The first-order valence-electron chi connectivity index (χ1n) is 9.24. The van der Waals surface area contributed by atoms with Gasteiger partial charge in [-0.15, -0.1) is 0 Å². The van der Waals surface area contributed by atoms with Crippen molar-refractivity contribution in [3.8, 4) is 11.5 Å². The van der Waals surface area contributed by atoms with Gasteiger partial charge in [0.25, 0.3) is 5.91 Å². The van der Waals surface area contributed by atoms with Crippen LogP contribution in [0.2, 0.25) is 0 Å². The maximum atomic E-state index is 13.1. The number of aliphatic hydroxyl groups is 1. The zero-order valence-corrected chi connectivity index (χ0v) is 16.2. The number of amides is 1. The van der Waals surface area contributed by atoms with Crippen molar-refractivity contribution in [3.63, 3.8) is 0 Å². The van der Waals surface area contributed by atoms with Gasteiger partial charge in [0.1, 0.15) is 11.5 Å². The lowest BCUT2D eigenvalue weighted by molar-refractivity contribution is -0.117. The highest BCUT2D eigenvalue weighted by molar-refractivity contribution is 6.16. The largest absolute Gasteiger partial charge is 0.503 e. The number of nitrogens with zero attached hydrogens (tertiary/aromatic N) is 1. The molecule has 4 rings (SSSR count). The fourth-order valence-corrected chi connectivity index (χ4v) is 3.63. The van der Waals surface area contributed by atoms with Gasteiger partial charge in [-0.1, -0.05) is 42.5 Å². The van der Waals surface area contributed by atoms with Gasteiger partial charge >= 0.3 is 0 Å². The van der Waals surface area contributed by atoms with Gasteiger partial charge in [0.15, 0.2) is 5.76 Å². The number of benzene rings is 3. The Balaban J connectivity index is 1.85. The lowest BCUT2D eigenvalue weighted by Gasteiger charge is -2.27. The average Bonchev–Trinajstić information content (AvgIpc) is 3.05. The summed E-state index contributed by atoms with van der Waals surface area (Å²) in [6.07, 6.45) is 0. The number of hydrogen-bond donors (Lipinski definition) is 1. The molecular weight excluding hydrogens is 366 g/mol. The molecule has 0 radical (unpaired) electrons. The van der Waals surface area contributed by atoms with E-state index in [-0.39, 0.29) is 5.76 Å². The molecule has 146 valence electrons. The third kappa shape index (κ3) is 3.31. The number of aliphatic hydroxyl groups excluding tert-OH is 1. The van der Waals surface area contributed by atoms with E-state index in [0.717, 1.165) is 11.1 Å². The zero-order chi connectivity index (χ0) is 20.4. The van der Waals surface area contributed by atoms with Crippen LogP contribution in [-0.4, -0.2) is 25.2 Å². The second kappa shape index (κ2) is 7.72. The Morgan fingerprint density at radius 3 is 1.90 bits per heavy atom. The highest BCUT2D eigenvalue weighted by atomic mass is 16.5. The molecule has 0 spiro atoms. The second-order valence-electron chi connectivity index (χ2n) is 6.68. The Kier molecular flexibility index (Phi) is 4.96. The van der Waals surface area contributed by atoms with Crippen LogP contribution >= 0.6 is 0 Å². The lowest BCUT2D eigenvalue weighted by Crippen LogP contribution is -2.30. The quantitative estimate of drug-likeness (QED) is 0.686. The van der Waals surface area contributed by atoms with Crippen LogP contribution in [0.15, 0.2) is 84.6 Å². The molecule has 0 saturated heterocycles. The third-order valence-corrected chi connectivity index (χ3v) is 5.08. The van der Waals surface area contributed by atoms with E-state index < -0.39 is 11.9 Å². The van der Waals surface area contributed by atoms with E-state index in [4.69, 9.17) is 9.47 Å². The number of methoxy groups -OCH3 is 2. The summed E-state index contributed by atoms with van der Waals surface area (Å²) in [5.41, 5.74) is 2.92. The van der Waals surface area contributed by atoms with Gasteiger partial charge in [0.05, 0.1) is 20.3 Å². The van der Waals surface area contributed by atoms with Gasteiger partial charge in [0.2, 0.25) is 0 Å². The Bertz CT molecular complexity index is 1040. The normalized spacial score (nSPS) is 16.3. The van der Waals surface area contributed by atoms with Crippen molar-refractivity contribution in [1.82, 2.24) is 0 Å². The molecule has 0 bridgehead atoms. The maximum Gasteiger partial charge on any atom is 0.294 e. The van der Waals surface area contributed by atoms with Gasteiger partial charge in [-0.25, -0.2) is 0 Å². The van der Waals surface area contributed by atoms with E-state index in [1.165, 1.54) is 0 Å². The predicted octanol–water partition coefficient (Wildman–Crippen LogP) is 4.76. The number of anilines is 1. The molecule has 3 aromatic carbocycles. The van der Waals surface area contributed by atoms with E-state index in [1.807, 2.05) is 66.7 Å². The number of hydrogen-bond acceptors (Lipinski definition) is 4. The van der Waals surface area contributed by atoms with Gasteiger partial charge in [-0.05, 0) is 47.5 Å². The number of carbonyl (C=O) groups is 1. The monoisotopic (exact) mass is 387 g/mol. The standard InChI is InChI=1S/C24H21NO4/c1-28-19-12-8-16(9-13-19)21-22(17-6-4-3-5-7-17)25(24(27)23(21)26)18-10-14-20(29-2)15-11-18/h3-15,22,26H,1-2H3/t22-/m0/s1. The molecule has 29 heavy (non-hydrogen) atoms. The Hall–Kier alpha value is -3.73. The zero-order valence-electron chi connectivity index (χ0n) is 16.2. The summed E-state index contributed by atoms with van der Waals surface area (Å²) >= 11 is 0. The van der Waals surface area contributed by atoms with Crippen molar-refractivity contribution in [3.05, 3.63) is 95.7 Å². The van der Waals surface area contributed by atoms with Gasteiger partial charge in [-0.2, -0.15) is 0 Å². The summed E-state index contributed by atoms with van der Waals surface area (Å²) in [7, 11) is 3.20. The summed E-state index contributed by atoms with van der Waals surface area (Å²) in [5, 5.41) is 10.8. The number of rotatable bonds is 5. The van der Waals surface area contributed by atoms with Crippen molar-refractivity contribution in [2.45, 2.75) is 6.04 Å². The van der Waals surface area contributed by atoms with E-state index >= 15 is 0 Å². The van der Waals surface area contributed by atoms with Crippen LogP contribution in [0.1, 0.15) is 17.2 Å². The molecule has 0 unspecified atom stereocenters. The first-order valence-corrected chi connectivity index (χ1v) is 9.24. The fraction of sp³-hybridized carbons (Fsp3) is 0.125. The van der Waals surface area contributed by atoms with Crippen LogP contribution in [0, 0.1) is 0 Å². The first kappa shape index (κ1) is 18.6. The van der Waals surface area contributed by atoms with Crippen LogP contribution in [0.3, 0.4) is 0 Å². The minimum atomic E-state index is -0.453. The average molecular weight is 387 g/mol. The lowest BCUT2D eigenvalue weighted by atomic mass is 9.93. The molecule has 1 amide bonds. The Labute approximate surface area is 169 Å². The summed E-state index contributed by atoms with van der Waals surface area (Å²) in [5.74, 6) is 0.723. The second-order valence-corrected chi connectivity index (χ2v) is 6.68. The minimum absolute atomic E-state index is 0.250. The van der Waals surface area contributed by atoms with Crippen LogP contribution < -0.4 is 14.4 Å². The van der Waals surface area contributed by atoms with Crippen LogP contribution in [0.4, 0.5) is 5.69 Å². The highest BCUT2D eigenvalue weighted by Gasteiger charge is 2.41. The van der Waals surface area contributed by atoms with Crippen LogP contribution in [-0.2, 0) is 4.79 Å². The molecule has 1 aliphatic heterocycles. The smallest absolute Gasteiger partial charge is 0.294 e. The Morgan fingerprint density at radius 1 is 0.793 bits per heavy atom. The summed E-state index contributed by atoms with van der Waals surface area (Å²) in [4.78, 5) is 14.7. The molecule has 0 saturated carbocycles. The molecule has 0 fully saturated rings. The van der Waals surface area contributed by atoms with E-state index in [0.29, 0.717) is 22.8 Å². The van der Waals surface area contributed by atoms with Gasteiger partial charge in [-0.3, -0.25) is 9.69 Å². The van der Waals surface area contributed by atoms with Crippen molar-refractivity contribution < 1.29 is 19.4 Å². The molecule has 5 nitrogen and oxygen atoms in total. The van der Waals surface area contributed by atoms with Crippen molar-refractivity contribution in [1.29, 1.82) is 0 Å². The summed E-state index contributed by atoms with van der Waals surface area (Å²) in [6, 6.07) is 23.8. The fourth-order valence-electron chi connectivity index (χ4n) is 3.63. The predicted molar refractivity (Wildman–Crippen MR) is 112 cm³/mol. The molecule has 0 aromatic heterocycles. The number of ether oxygens (including phenoxy) is 2. The van der Waals surface area contributed by atoms with Gasteiger partial charge < -0.3 is 14.6 Å². The molecule has 0 aliphatic carbocycles. The van der Waals surface area contributed by atoms with Crippen LogP contribution in [0.5, 0.6) is 11.5 Å². The third-order valence-electron chi connectivity index (χ3n) is 5.08. The Morgan fingerprint density at radius 2 is 1.34 bits per heavy atom. The van der Waals surface area contributed by atoms with E-state index in [1.54, 1.807) is 31.3 Å². The summed E-state index contributed by atoms with van der Waals surface area (Å²) < 4.78 is 10.5. The molecule has 5 heteroatoms. The van der Waals surface area contributed by atoms with Crippen molar-refractivity contribution >= 4 is 17.2 Å². The summed E-state index contributed by atoms with van der Waals surface area (Å²) in [6.45, 7) is 0. The molecule has 1 aliphatic rings. The highest BCUT2D eigenvalue weighted by Crippen LogP contribution is 2.45. The SMILES string of the molecule is COc1ccc(C2=C(O)C(=O)N(c3ccc(OC)cc3)[C@H]2c2ccccc2)cc1. The van der Waals surface area contributed by atoms with Crippen molar-refractivity contribution in [2.75, 3.05) is 19.1 Å². The first-order chi connectivity index (χ1) is 14.1. The maximum absolute atomic E-state index is 13.1. The van der Waals surface area contributed by atoms with Crippen molar-refractivity contribution in [2.24, 2.45) is 0 Å². The molecule has 3 aromatic rings.